The van der Waals surface area contributed by atoms with Crippen LogP contribution in [0.2, 0.25) is 5.02 Å². The van der Waals surface area contributed by atoms with Crippen LogP contribution in [-0.4, -0.2) is 5.11 Å². The Labute approximate surface area is 113 Å². The lowest BCUT2D eigenvalue weighted by atomic mass is 9.98. The normalized spacial score (nSPS) is 11.6. The highest BCUT2D eigenvalue weighted by Crippen LogP contribution is 2.34. The lowest BCUT2D eigenvalue weighted by Gasteiger charge is -2.12. The molecule has 2 rings (SSSR count). The quantitative estimate of drug-likeness (QED) is 0.861. The lowest BCUT2D eigenvalue weighted by molar-refractivity contribution is -0.137. The van der Waals surface area contributed by atoms with Crippen molar-refractivity contribution in [2.45, 2.75) is 12.8 Å². The second-order valence-corrected chi connectivity index (χ2v) is 4.47. The van der Waals surface area contributed by atoms with Crippen molar-refractivity contribution in [3.63, 3.8) is 0 Å². The van der Waals surface area contributed by atoms with E-state index in [9.17, 15) is 18.3 Å². The lowest BCUT2D eigenvalue weighted by Crippen LogP contribution is -2.06. The number of hydrogen-bond donors (Lipinski definition) is 1. The molecule has 0 fully saturated rings. The van der Waals surface area contributed by atoms with Crippen LogP contribution in [0.3, 0.4) is 0 Å². The van der Waals surface area contributed by atoms with Crippen LogP contribution in [0.1, 0.15) is 11.1 Å². The molecule has 0 heterocycles. The maximum Gasteiger partial charge on any atom is 0.416 e. The van der Waals surface area contributed by atoms with Gasteiger partial charge in [-0.05, 0) is 41.0 Å². The standard InChI is InChI=1S/C14H10ClF3O/c15-12-3-1-2-9(7-12)13-5-4-11(14(16,17)18)6-10(13)8-19/h1-7,19H,8H2. The number of hydrogen-bond acceptors (Lipinski definition) is 1. The Morgan fingerprint density at radius 3 is 2.37 bits per heavy atom. The Balaban J connectivity index is 2.53. The third-order valence-electron chi connectivity index (χ3n) is 2.74. The van der Waals surface area contributed by atoms with E-state index in [-0.39, 0.29) is 5.56 Å². The van der Waals surface area contributed by atoms with Crippen molar-refractivity contribution >= 4 is 11.6 Å². The van der Waals surface area contributed by atoms with Gasteiger partial charge >= 0.3 is 6.18 Å². The summed E-state index contributed by atoms with van der Waals surface area (Å²) >= 11 is 5.85. The fraction of sp³-hybridized carbons (Fsp3) is 0.143. The highest BCUT2D eigenvalue weighted by atomic mass is 35.5. The van der Waals surface area contributed by atoms with E-state index in [4.69, 9.17) is 11.6 Å². The average Bonchev–Trinajstić information content (AvgIpc) is 2.37. The number of aliphatic hydroxyl groups is 1. The van der Waals surface area contributed by atoms with E-state index < -0.39 is 18.3 Å². The van der Waals surface area contributed by atoms with Gasteiger partial charge in [-0.3, -0.25) is 0 Å². The number of alkyl halides is 3. The fourth-order valence-corrected chi connectivity index (χ4v) is 2.03. The van der Waals surface area contributed by atoms with Gasteiger partial charge in [-0.2, -0.15) is 13.2 Å². The second kappa shape index (κ2) is 5.23. The largest absolute Gasteiger partial charge is 0.416 e. The summed E-state index contributed by atoms with van der Waals surface area (Å²) < 4.78 is 37.8. The van der Waals surface area contributed by atoms with E-state index in [1.165, 1.54) is 6.07 Å². The Bertz CT molecular complexity index is 593. The van der Waals surface area contributed by atoms with E-state index in [0.29, 0.717) is 16.1 Å². The maximum absolute atomic E-state index is 12.6. The van der Waals surface area contributed by atoms with Crippen LogP contribution in [-0.2, 0) is 12.8 Å². The Kier molecular flexibility index (Phi) is 3.83. The minimum absolute atomic E-state index is 0.220. The van der Waals surface area contributed by atoms with Crippen LogP contribution in [0.15, 0.2) is 42.5 Å². The molecule has 0 atom stereocenters. The average molecular weight is 287 g/mol. The highest BCUT2D eigenvalue weighted by Gasteiger charge is 2.30. The van der Waals surface area contributed by atoms with Gasteiger partial charge in [0.2, 0.25) is 0 Å². The van der Waals surface area contributed by atoms with Crippen molar-refractivity contribution in [1.29, 1.82) is 0 Å². The molecule has 100 valence electrons. The summed E-state index contributed by atoms with van der Waals surface area (Å²) in [5.41, 5.74) is 0.655. The molecule has 0 aromatic heterocycles. The van der Waals surface area contributed by atoms with Crippen LogP contribution in [0, 0.1) is 0 Å². The fourth-order valence-electron chi connectivity index (χ4n) is 1.84. The van der Waals surface area contributed by atoms with Crippen LogP contribution >= 0.6 is 11.6 Å². The van der Waals surface area contributed by atoms with Gasteiger partial charge in [0.25, 0.3) is 0 Å². The van der Waals surface area contributed by atoms with Gasteiger partial charge in [0.1, 0.15) is 0 Å². The monoisotopic (exact) mass is 286 g/mol. The number of rotatable bonds is 2. The van der Waals surface area contributed by atoms with E-state index in [1.54, 1.807) is 24.3 Å². The summed E-state index contributed by atoms with van der Waals surface area (Å²) in [5.74, 6) is 0. The first-order chi connectivity index (χ1) is 8.91. The molecule has 19 heavy (non-hydrogen) atoms. The Hall–Kier alpha value is -1.52. The first kappa shape index (κ1) is 13.9. The molecule has 5 heteroatoms. The first-order valence-electron chi connectivity index (χ1n) is 5.49. The van der Waals surface area contributed by atoms with E-state index in [1.807, 2.05) is 0 Å². The maximum atomic E-state index is 12.6. The molecule has 0 amide bonds. The molecule has 0 aliphatic carbocycles. The Morgan fingerprint density at radius 1 is 1.05 bits per heavy atom. The number of halogens is 4. The van der Waals surface area contributed by atoms with E-state index in [2.05, 4.69) is 0 Å². The van der Waals surface area contributed by atoms with Crippen molar-refractivity contribution in [2.24, 2.45) is 0 Å². The molecular formula is C14H10ClF3O. The van der Waals surface area contributed by atoms with Gasteiger partial charge in [-0.15, -0.1) is 0 Å². The van der Waals surface area contributed by atoms with Crippen molar-refractivity contribution in [3.8, 4) is 11.1 Å². The molecule has 2 aromatic rings. The van der Waals surface area contributed by atoms with Crippen molar-refractivity contribution < 1.29 is 18.3 Å². The van der Waals surface area contributed by atoms with Gasteiger partial charge in [-0.1, -0.05) is 29.8 Å². The second-order valence-electron chi connectivity index (χ2n) is 4.04. The topological polar surface area (TPSA) is 20.2 Å². The molecule has 0 saturated carbocycles. The predicted molar refractivity (Wildman–Crippen MR) is 67.8 cm³/mol. The molecule has 0 spiro atoms. The van der Waals surface area contributed by atoms with Gasteiger partial charge < -0.3 is 5.11 Å². The van der Waals surface area contributed by atoms with Crippen molar-refractivity contribution in [3.05, 3.63) is 58.6 Å². The molecule has 0 bridgehead atoms. The predicted octanol–water partition coefficient (Wildman–Crippen LogP) is 4.52. The smallest absolute Gasteiger partial charge is 0.392 e. The molecule has 0 unspecified atom stereocenters. The summed E-state index contributed by atoms with van der Waals surface area (Å²) in [6.07, 6.45) is -4.42. The summed E-state index contributed by atoms with van der Waals surface area (Å²) in [7, 11) is 0. The number of aliphatic hydroxyl groups excluding tert-OH is 1. The first-order valence-corrected chi connectivity index (χ1v) is 5.86. The molecule has 0 saturated heterocycles. The molecule has 0 aliphatic rings. The van der Waals surface area contributed by atoms with Crippen LogP contribution < -0.4 is 0 Å². The van der Waals surface area contributed by atoms with Crippen LogP contribution in [0.4, 0.5) is 13.2 Å². The zero-order chi connectivity index (χ0) is 14.0. The minimum atomic E-state index is -4.42. The highest BCUT2D eigenvalue weighted by molar-refractivity contribution is 6.30. The van der Waals surface area contributed by atoms with Crippen molar-refractivity contribution in [1.82, 2.24) is 0 Å². The van der Waals surface area contributed by atoms with Gasteiger partial charge in [0.05, 0.1) is 12.2 Å². The van der Waals surface area contributed by atoms with Crippen LogP contribution in [0.5, 0.6) is 0 Å². The number of benzene rings is 2. The zero-order valence-corrected chi connectivity index (χ0v) is 10.5. The minimum Gasteiger partial charge on any atom is -0.392 e. The molecule has 0 aliphatic heterocycles. The summed E-state index contributed by atoms with van der Waals surface area (Å²) in [5, 5.41) is 9.73. The molecule has 1 N–H and O–H groups in total. The summed E-state index contributed by atoms with van der Waals surface area (Å²) in [6, 6.07) is 10.0. The summed E-state index contributed by atoms with van der Waals surface area (Å²) in [6.45, 7) is -0.467. The molecule has 0 radical (unpaired) electrons. The van der Waals surface area contributed by atoms with Gasteiger partial charge in [0.15, 0.2) is 0 Å². The molecule has 1 nitrogen and oxygen atoms in total. The van der Waals surface area contributed by atoms with Gasteiger partial charge in [0, 0.05) is 5.02 Å². The van der Waals surface area contributed by atoms with Crippen LogP contribution in [0.25, 0.3) is 11.1 Å². The zero-order valence-electron chi connectivity index (χ0n) is 9.71. The van der Waals surface area contributed by atoms with E-state index in [0.717, 1.165) is 12.1 Å². The SMILES string of the molecule is OCc1cc(C(F)(F)F)ccc1-c1cccc(Cl)c1. The molecule has 2 aromatic carbocycles. The van der Waals surface area contributed by atoms with Gasteiger partial charge in [-0.25, -0.2) is 0 Å². The third kappa shape index (κ3) is 3.08. The summed E-state index contributed by atoms with van der Waals surface area (Å²) in [4.78, 5) is 0. The third-order valence-corrected chi connectivity index (χ3v) is 2.97. The van der Waals surface area contributed by atoms with E-state index >= 15 is 0 Å². The molecular weight excluding hydrogens is 277 g/mol. The van der Waals surface area contributed by atoms with Crippen molar-refractivity contribution in [2.75, 3.05) is 0 Å². The Morgan fingerprint density at radius 2 is 1.79 bits per heavy atom.